The maximum atomic E-state index is 9.01. The quantitative estimate of drug-likeness (QED) is 0.709. The van der Waals surface area contributed by atoms with Crippen LogP contribution in [0.25, 0.3) is 0 Å². The molecule has 1 N–H and O–H groups in total. The summed E-state index contributed by atoms with van der Waals surface area (Å²) in [5, 5.41) is 12.2. The van der Waals surface area contributed by atoms with E-state index in [9.17, 15) is 0 Å². The molecule has 0 amide bonds. The first-order chi connectivity index (χ1) is 6.39. The summed E-state index contributed by atoms with van der Waals surface area (Å²) >= 11 is 0. The fraction of sp³-hybridized carbons (Fsp3) is 0.909. The minimum Gasteiger partial charge on any atom is -0.378 e. The monoisotopic (exact) mass is 198 g/mol. The van der Waals surface area contributed by atoms with Gasteiger partial charge in [-0.15, -0.1) is 0 Å². The van der Waals surface area contributed by atoms with Crippen LogP contribution in [0.1, 0.15) is 34.6 Å². The third-order valence-corrected chi connectivity index (χ3v) is 1.70. The molecule has 0 aliphatic heterocycles. The molecule has 0 radical (unpaired) electrons. The maximum Gasteiger partial charge on any atom is 0.127 e. The van der Waals surface area contributed by atoms with Gasteiger partial charge in [0.15, 0.2) is 0 Å². The molecular weight excluding hydrogens is 176 g/mol. The molecule has 0 aromatic carbocycles. The Morgan fingerprint density at radius 2 is 1.93 bits per heavy atom. The first-order valence-corrected chi connectivity index (χ1v) is 5.16. The minimum absolute atomic E-state index is 0.294. The molecule has 0 heterocycles. The van der Waals surface area contributed by atoms with E-state index in [1.54, 1.807) is 0 Å². The molecule has 0 saturated carbocycles. The van der Waals surface area contributed by atoms with E-state index < -0.39 is 5.54 Å². The van der Waals surface area contributed by atoms with Crippen molar-refractivity contribution in [3.8, 4) is 6.07 Å². The Morgan fingerprint density at radius 3 is 2.29 bits per heavy atom. The summed E-state index contributed by atoms with van der Waals surface area (Å²) in [5.74, 6) is 0.511. The largest absolute Gasteiger partial charge is 0.378 e. The van der Waals surface area contributed by atoms with E-state index in [1.165, 1.54) is 0 Å². The predicted molar refractivity (Wildman–Crippen MR) is 57.9 cm³/mol. The Morgan fingerprint density at radius 1 is 1.36 bits per heavy atom. The lowest BCUT2D eigenvalue weighted by molar-refractivity contribution is 0.0738. The summed E-state index contributed by atoms with van der Waals surface area (Å²) < 4.78 is 5.47. The van der Waals surface area contributed by atoms with E-state index in [1.807, 2.05) is 20.8 Å². The Hall–Kier alpha value is -0.590. The average Bonchev–Trinajstić information content (AvgIpc) is 2.02. The minimum atomic E-state index is -0.566. The van der Waals surface area contributed by atoms with Gasteiger partial charge in [0.1, 0.15) is 5.54 Å². The second kappa shape index (κ2) is 6.00. The van der Waals surface area contributed by atoms with Crippen molar-refractivity contribution in [3.63, 3.8) is 0 Å². The summed E-state index contributed by atoms with van der Waals surface area (Å²) in [5.41, 5.74) is -0.566. The van der Waals surface area contributed by atoms with Gasteiger partial charge in [0.2, 0.25) is 0 Å². The van der Waals surface area contributed by atoms with Gasteiger partial charge in [-0.05, 0) is 26.7 Å². The van der Waals surface area contributed by atoms with Crippen molar-refractivity contribution >= 4 is 0 Å². The summed E-state index contributed by atoms with van der Waals surface area (Å²) in [4.78, 5) is 0. The Labute approximate surface area is 87.4 Å². The van der Waals surface area contributed by atoms with Crippen LogP contribution >= 0.6 is 0 Å². The number of nitriles is 1. The zero-order chi connectivity index (χ0) is 11.2. The molecule has 3 heteroatoms. The molecule has 0 saturated heterocycles. The van der Waals surface area contributed by atoms with Crippen molar-refractivity contribution in [2.75, 3.05) is 13.2 Å². The van der Waals surface area contributed by atoms with Gasteiger partial charge in [-0.1, -0.05) is 13.8 Å². The van der Waals surface area contributed by atoms with Gasteiger partial charge in [0, 0.05) is 12.6 Å². The van der Waals surface area contributed by atoms with E-state index in [0.717, 1.165) is 0 Å². The molecule has 0 aromatic heterocycles. The van der Waals surface area contributed by atoms with Crippen molar-refractivity contribution in [1.29, 1.82) is 5.26 Å². The molecule has 3 nitrogen and oxygen atoms in total. The predicted octanol–water partition coefficient (Wildman–Crippen LogP) is 1.94. The van der Waals surface area contributed by atoms with Gasteiger partial charge in [-0.2, -0.15) is 5.26 Å². The fourth-order valence-corrected chi connectivity index (χ4v) is 1.24. The third kappa shape index (κ3) is 5.95. The van der Waals surface area contributed by atoms with E-state index in [2.05, 4.69) is 25.2 Å². The lowest BCUT2D eigenvalue weighted by atomic mass is 10.1. The van der Waals surface area contributed by atoms with Crippen LogP contribution in [-0.2, 0) is 4.74 Å². The normalized spacial score (nSPS) is 15.6. The van der Waals surface area contributed by atoms with Gasteiger partial charge in [0.25, 0.3) is 0 Å². The second-order valence-electron chi connectivity index (χ2n) is 4.65. The topological polar surface area (TPSA) is 45.0 Å². The lowest BCUT2D eigenvalue weighted by Gasteiger charge is -2.25. The molecule has 1 unspecified atom stereocenters. The highest BCUT2D eigenvalue weighted by Crippen LogP contribution is 2.05. The van der Waals surface area contributed by atoms with Crippen LogP contribution in [0, 0.1) is 17.2 Å². The molecule has 14 heavy (non-hydrogen) atoms. The maximum absolute atomic E-state index is 9.01. The van der Waals surface area contributed by atoms with Crippen LogP contribution in [-0.4, -0.2) is 24.8 Å². The third-order valence-electron chi connectivity index (χ3n) is 1.70. The molecule has 0 spiro atoms. The lowest BCUT2D eigenvalue weighted by Crippen LogP contribution is -2.48. The zero-order valence-corrected chi connectivity index (χ0v) is 9.92. The van der Waals surface area contributed by atoms with Crippen LogP contribution in [0.2, 0.25) is 0 Å². The highest BCUT2D eigenvalue weighted by atomic mass is 16.5. The SMILES string of the molecule is CC(C)COCC(C)(C#N)NC(C)C. The summed E-state index contributed by atoms with van der Waals surface area (Å²) in [6.07, 6.45) is 0. The molecule has 0 bridgehead atoms. The fourth-order valence-electron chi connectivity index (χ4n) is 1.24. The number of rotatable bonds is 6. The van der Waals surface area contributed by atoms with Crippen molar-refractivity contribution in [2.45, 2.75) is 46.2 Å². The van der Waals surface area contributed by atoms with Crippen LogP contribution in [0.3, 0.4) is 0 Å². The number of nitrogens with one attached hydrogen (secondary N) is 1. The van der Waals surface area contributed by atoms with Gasteiger partial charge in [0.05, 0.1) is 12.7 Å². The zero-order valence-electron chi connectivity index (χ0n) is 9.92. The average molecular weight is 198 g/mol. The number of hydrogen-bond acceptors (Lipinski definition) is 3. The van der Waals surface area contributed by atoms with E-state index in [4.69, 9.17) is 10.00 Å². The first kappa shape index (κ1) is 13.4. The van der Waals surface area contributed by atoms with Crippen molar-refractivity contribution in [1.82, 2.24) is 5.32 Å². The summed E-state index contributed by atoms with van der Waals surface area (Å²) in [7, 11) is 0. The molecule has 0 aliphatic rings. The van der Waals surface area contributed by atoms with E-state index in [-0.39, 0.29) is 0 Å². The van der Waals surface area contributed by atoms with Gasteiger partial charge in [-0.25, -0.2) is 0 Å². The Balaban J connectivity index is 3.95. The van der Waals surface area contributed by atoms with E-state index >= 15 is 0 Å². The second-order valence-corrected chi connectivity index (χ2v) is 4.65. The molecule has 0 aromatic rings. The van der Waals surface area contributed by atoms with Gasteiger partial charge >= 0.3 is 0 Å². The number of ether oxygens (including phenoxy) is 1. The highest BCUT2D eigenvalue weighted by Gasteiger charge is 2.24. The van der Waals surface area contributed by atoms with Crippen LogP contribution in [0.15, 0.2) is 0 Å². The number of hydrogen-bond donors (Lipinski definition) is 1. The van der Waals surface area contributed by atoms with Crippen LogP contribution < -0.4 is 5.32 Å². The van der Waals surface area contributed by atoms with Crippen LogP contribution in [0.4, 0.5) is 0 Å². The summed E-state index contributed by atoms with van der Waals surface area (Å²) in [6.45, 7) is 11.3. The molecule has 0 rings (SSSR count). The summed E-state index contributed by atoms with van der Waals surface area (Å²) in [6, 6.07) is 2.54. The van der Waals surface area contributed by atoms with Gasteiger partial charge in [-0.3, -0.25) is 5.32 Å². The van der Waals surface area contributed by atoms with Gasteiger partial charge < -0.3 is 4.74 Å². The highest BCUT2D eigenvalue weighted by molar-refractivity contribution is 5.04. The first-order valence-electron chi connectivity index (χ1n) is 5.16. The smallest absolute Gasteiger partial charge is 0.127 e. The van der Waals surface area contributed by atoms with E-state index in [0.29, 0.717) is 25.2 Å². The van der Waals surface area contributed by atoms with Crippen molar-refractivity contribution < 1.29 is 4.74 Å². The molecule has 1 atom stereocenters. The molecule has 0 fully saturated rings. The van der Waals surface area contributed by atoms with Crippen LogP contribution in [0.5, 0.6) is 0 Å². The number of nitrogens with zero attached hydrogens (tertiary/aromatic N) is 1. The molecular formula is C11H22N2O. The molecule has 0 aliphatic carbocycles. The standard InChI is InChI=1S/C11H22N2O/c1-9(2)6-14-8-11(5,7-12)13-10(3)4/h9-10,13H,6,8H2,1-5H3. The van der Waals surface area contributed by atoms with Crippen molar-refractivity contribution in [2.24, 2.45) is 5.92 Å². The Bertz CT molecular complexity index is 196. The molecule has 82 valence electrons. The Kier molecular flexibility index (Phi) is 5.75. The van der Waals surface area contributed by atoms with Crippen molar-refractivity contribution in [3.05, 3.63) is 0 Å².